The molecule has 1 atom stereocenters. The van der Waals surface area contributed by atoms with E-state index in [9.17, 15) is 5.11 Å². The van der Waals surface area contributed by atoms with Gasteiger partial charge in [0, 0.05) is 17.0 Å². The molecule has 0 spiro atoms. The summed E-state index contributed by atoms with van der Waals surface area (Å²) in [4.78, 5) is 4.63. The first-order valence-electron chi connectivity index (χ1n) is 6.91. The first-order chi connectivity index (χ1) is 10.1. The molecule has 1 N–H and O–H groups in total. The van der Waals surface area contributed by atoms with E-state index in [1.165, 1.54) is 5.56 Å². The van der Waals surface area contributed by atoms with E-state index in [2.05, 4.69) is 51.2 Å². The molecule has 108 valence electrons. The molecule has 0 aliphatic rings. The van der Waals surface area contributed by atoms with E-state index < -0.39 is 6.10 Å². The van der Waals surface area contributed by atoms with Crippen LogP contribution in [0.25, 0.3) is 11.0 Å². The quantitative estimate of drug-likeness (QED) is 0.690. The van der Waals surface area contributed by atoms with E-state index in [4.69, 9.17) is 0 Å². The van der Waals surface area contributed by atoms with Crippen LogP contribution in [0.5, 0.6) is 0 Å². The highest BCUT2D eigenvalue weighted by Gasteiger charge is 2.16. The van der Waals surface area contributed by atoms with Crippen LogP contribution >= 0.6 is 22.6 Å². The van der Waals surface area contributed by atoms with Crippen LogP contribution in [-0.4, -0.2) is 14.7 Å². The number of fused-ring (bicyclic) bond motifs is 1. The van der Waals surface area contributed by atoms with Crippen molar-refractivity contribution in [3.63, 3.8) is 0 Å². The van der Waals surface area contributed by atoms with Crippen molar-refractivity contribution >= 4 is 33.6 Å². The Hall–Kier alpha value is -1.40. The van der Waals surface area contributed by atoms with Crippen LogP contribution in [0.2, 0.25) is 0 Å². The van der Waals surface area contributed by atoms with Gasteiger partial charge in [-0.1, -0.05) is 30.3 Å². The van der Waals surface area contributed by atoms with E-state index >= 15 is 0 Å². The van der Waals surface area contributed by atoms with Crippen molar-refractivity contribution in [2.75, 3.05) is 0 Å². The molecule has 3 nitrogen and oxygen atoms in total. The van der Waals surface area contributed by atoms with Crippen molar-refractivity contribution in [1.29, 1.82) is 0 Å². The monoisotopic (exact) mass is 392 g/mol. The normalized spacial score (nSPS) is 12.8. The highest BCUT2D eigenvalue weighted by atomic mass is 127. The predicted octanol–water partition coefficient (Wildman–Crippen LogP) is 3.76. The van der Waals surface area contributed by atoms with E-state index in [-0.39, 0.29) is 0 Å². The number of benzene rings is 2. The first-order valence-corrected chi connectivity index (χ1v) is 7.99. The average Bonchev–Trinajstić information content (AvgIpc) is 2.79. The number of nitrogens with zero attached hydrogens (tertiary/aromatic N) is 2. The molecule has 1 unspecified atom stereocenters. The molecule has 0 saturated heterocycles. The topological polar surface area (TPSA) is 38.1 Å². The molecule has 0 aliphatic heterocycles. The lowest BCUT2D eigenvalue weighted by atomic mass is 10.0. The van der Waals surface area contributed by atoms with Crippen LogP contribution in [0.4, 0.5) is 0 Å². The Bertz CT molecular complexity index is 795. The zero-order chi connectivity index (χ0) is 15.0. The minimum absolute atomic E-state index is 0.518. The molecule has 0 radical (unpaired) electrons. The molecule has 21 heavy (non-hydrogen) atoms. The van der Waals surface area contributed by atoms with Crippen LogP contribution in [0.15, 0.2) is 42.5 Å². The summed E-state index contributed by atoms with van der Waals surface area (Å²) < 4.78 is 3.18. The molecule has 0 amide bonds. The zero-order valence-electron chi connectivity index (χ0n) is 12.0. The molecule has 0 aliphatic carbocycles. The molecular weight excluding hydrogens is 375 g/mol. The lowest BCUT2D eigenvalue weighted by molar-refractivity contribution is 0.174. The minimum Gasteiger partial charge on any atom is -0.388 e. The van der Waals surface area contributed by atoms with Gasteiger partial charge in [-0.2, -0.15) is 0 Å². The second-order valence-corrected chi connectivity index (χ2v) is 6.35. The highest BCUT2D eigenvalue weighted by Crippen LogP contribution is 2.26. The third kappa shape index (κ3) is 2.70. The van der Waals surface area contributed by atoms with E-state index in [1.54, 1.807) is 0 Å². The molecular formula is C17H17IN2O. The maximum atomic E-state index is 10.6. The molecule has 1 aromatic heterocycles. The van der Waals surface area contributed by atoms with Gasteiger partial charge in [0.1, 0.15) is 5.82 Å². The van der Waals surface area contributed by atoms with E-state index in [0.717, 1.165) is 26.0 Å². The predicted molar refractivity (Wildman–Crippen MR) is 93.3 cm³/mol. The molecule has 3 rings (SSSR count). The zero-order valence-corrected chi connectivity index (χ0v) is 14.2. The minimum atomic E-state index is -0.535. The standard InChI is InChI=1S/C17H17IN2O/c1-11-6-5-7-12(17(11)18)15(21)10-16-19-13-8-3-4-9-14(13)20(16)2/h3-9,15,21H,10H2,1-2H3. The molecule has 3 aromatic rings. The Labute approximate surface area is 137 Å². The smallest absolute Gasteiger partial charge is 0.112 e. The molecule has 1 heterocycles. The van der Waals surface area contributed by atoms with Gasteiger partial charge in [-0.3, -0.25) is 0 Å². The van der Waals surface area contributed by atoms with Crippen LogP contribution in [0.1, 0.15) is 23.1 Å². The fourth-order valence-corrected chi connectivity index (χ4v) is 3.31. The van der Waals surface area contributed by atoms with Crippen LogP contribution < -0.4 is 0 Å². The third-order valence-electron chi connectivity index (χ3n) is 3.84. The van der Waals surface area contributed by atoms with Crippen LogP contribution in [0.3, 0.4) is 0 Å². The van der Waals surface area contributed by atoms with Gasteiger partial charge in [0.05, 0.1) is 17.1 Å². The van der Waals surface area contributed by atoms with Crippen molar-refractivity contribution in [1.82, 2.24) is 9.55 Å². The summed E-state index contributed by atoms with van der Waals surface area (Å²) in [6.07, 6.45) is -0.0164. The maximum absolute atomic E-state index is 10.6. The van der Waals surface area contributed by atoms with Gasteiger partial charge < -0.3 is 9.67 Å². The number of aliphatic hydroxyl groups is 1. The van der Waals surface area contributed by atoms with Gasteiger partial charge in [-0.25, -0.2) is 4.98 Å². The summed E-state index contributed by atoms with van der Waals surface area (Å²) in [5.41, 5.74) is 4.24. The lowest BCUT2D eigenvalue weighted by Crippen LogP contribution is -2.08. The lowest BCUT2D eigenvalue weighted by Gasteiger charge is -2.14. The number of imidazole rings is 1. The van der Waals surface area contributed by atoms with E-state index in [0.29, 0.717) is 6.42 Å². The summed E-state index contributed by atoms with van der Waals surface area (Å²) >= 11 is 2.30. The number of halogens is 1. The largest absolute Gasteiger partial charge is 0.388 e. The van der Waals surface area contributed by atoms with Crippen molar-refractivity contribution in [3.05, 3.63) is 63.0 Å². The van der Waals surface area contributed by atoms with Crippen molar-refractivity contribution in [2.45, 2.75) is 19.4 Å². The number of aromatic nitrogens is 2. The Kier molecular flexibility index (Phi) is 3.99. The average molecular weight is 392 g/mol. The molecule has 4 heteroatoms. The summed E-state index contributed by atoms with van der Waals surface area (Å²) in [5, 5.41) is 10.6. The van der Waals surface area contributed by atoms with Gasteiger partial charge in [-0.05, 0) is 52.8 Å². The highest BCUT2D eigenvalue weighted by molar-refractivity contribution is 14.1. The van der Waals surface area contributed by atoms with Crippen LogP contribution in [0, 0.1) is 10.5 Å². The summed E-state index contributed by atoms with van der Waals surface area (Å²) in [5.74, 6) is 0.904. The van der Waals surface area contributed by atoms with E-state index in [1.807, 2.05) is 37.4 Å². The number of para-hydroxylation sites is 2. The Balaban J connectivity index is 1.94. The number of aryl methyl sites for hydroxylation is 2. The Morgan fingerprint density at radius 1 is 1.19 bits per heavy atom. The fraction of sp³-hybridized carbons (Fsp3) is 0.235. The summed E-state index contributed by atoms with van der Waals surface area (Å²) in [7, 11) is 2.00. The van der Waals surface area contributed by atoms with Crippen LogP contribution in [-0.2, 0) is 13.5 Å². The summed E-state index contributed by atoms with van der Waals surface area (Å²) in [6.45, 7) is 2.06. The third-order valence-corrected chi connectivity index (χ3v) is 5.31. The SMILES string of the molecule is Cc1cccc(C(O)Cc2nc3ccccc3n2C)c1I. The Morgan fingerprint density at radius 2 is 1.95 bits per heavy atom. The second kappa shape index (κ2) is 5.77. The number of hydrogen-bond acceptors (Lipinski definition) is 2. The number of aliphatic hydroxyl groups excluding tert-OH is 1. The maximum Gasteiger partial charge on any atom is 0.112 e. The van der Waals surface area contributed by atoms with Crippen molar-refractivity contribution in [2.24, 2.45) is 7.05 Å². The van der Waals surface area contributed by atoms with Gasteiger partial charge in [-0.15, -0.1) is 0 Å². The van der Waals surface area contributed by atoms with Crippen molar-refractivity contribution in [3.8, 4) is 0 Å². The molecule has 0 bridgehead atoms. The number of hydrogen-bond donors (Lipinski definition) is 1. The molecule has 0 fully saturated rings. The van der Waals surface area contributed by atoms with Gasteiger partial charge in [0.2, 0.25) is 0 Å². The second-order valence-electron chi connectivity index (χ2n) is 5.27. The Morgan fingerprint density at radius 3 is 2.71 bits per heavy atom. The van der Waals surface area contributed by atoms with Gasteiger partial charge >= 0.3 is 0 Å². The van der Waals surface area contributed by atoms with Gasteiger partial charge in [0.25, 0.3) is 0 Å². The molecule has 0 saturated carbocycles. The fourth-order valence-electron chi connectivity index (χ4n) is 2.59. The first kappa shape index (κ1) is 14.5. The summed E-state index contributed by atoms with van der Waals surface area (Å²) in [6, 6.07) is 14.1. The molecule has 2 aromatic carbocycles. The van der Waals surface area contributed by atoms with Crippen molar-refractivity contribution < 1.29 is 5.11 Å². The van der Waals surface area contributed by atoms with Gasteiger partial charge in [0.15, 0.2) is 0 Å². The number of rotatable bonds is 3.